The highest BCUT2D eigenvalue weighted by atomic mass is 35.5. The quantitative estimate of drug-likeness (QED) is 0.307. The zero-order valence-electron chi connectivity index (χ0n) is 18.1. The zero-order valence-corrected chi connectivity index (χ0v) is 20.3. The van der Waals surface area contributed by atoms with Gasteiger partial charge in [-0.1, -0.05) is 59.1 Å². The van der Waals surface area contributed by atoms with Crippen molar-refractivity contribution in [3.05, 3.63) is 97.7 Å². The van der Waals surface area contributed by atoms with Crippen LogP contribution >= 0.6 is 34.8 Å². The van der Waals surface area contributed by atoms with Crippen molar-refractivity contribution in [1.82, 2.24) is 5.32 Å². The second kappa shape index (κ2) is 10.1. The molecule has 1 aliphatic rings. The minimum atomic E-state index is -0.919. The smallest absolute Gasteiger partial charge is 0.335 e. The number of aryl methyl sites for hydroxylation is 1. The van der Waals surface area contributed by atoms with Gasteiger partial charge in [-0.3, -0.25) is 14.9 Å². The fourth-order valence-electron chi connectivity index (χ4n) is 3.37. The van der Waals surface area contributed by atoms with Crippen LogP contribution in [0.1, 0.15) is 16.7 Å². The number of ether oxygens (including phenoxy) is 1. The van der Waals surface area contributed by atoms with E-state index in [2.05, 4.69) is 5.32 Å². The first-order chi connectivity index (χ1) is 16.7. The summed E-state index contributed by atoms with van der Waals surface area (Å²) in [6.45, 7) is 1.60. The standard InChI is InChI=1S/C25H16Cl3FN2O4/c1-13-6-7-17(11-19(13)27)31-24(33)18(23(32)30-25(31)34)9-15-8-16(26)10-20(28)22(15)35-12-14-4-2-3-5-21(14)29/h2-11H,12H2,1H3,(H,30,32,34)/b18-9+. The van der Waals surface area contributed by atoms with Crippen molar-refractivity contribution in [2.75, 3.05) is 4.90 Å². The molecule has 0 aliphatic carbocycles. The van der Waals surface area contributed by atoms with Crippen molar-refractivity contribution in [3.63, 3.8) is 0 Å². The number of benzene rings is 3. The molecule has 1 saturated heterocycles. The highest BCUT2D eigenvalue weighted by Crippen LogP contribution is 2.35. The maximum Gasteiger partial charge on any atom is 0.335 e. The second-order valence-corrected chi connectivity index (χ2v) is 8.83. The maximum atomic E-state index is 14.0. The van der Waals surface area contributed by atoms with Crippen molar-refractivity contribution in [3.8, 4) is 5.75 Å². The summed E-state index contributed by atoms with van der Waals surface area (Å²) in [5.74, 6) is -2.18. The van der Waals surface area contributed by atoms with E-state index in [4.69, 9.17) is 39.5 Å². The lowest BCUT2D eigenvalue weighted by molar-refractivity contribution is -0.122. The summed E-state index contributed by atoms with van der Waals surface area (Å²) in [5.41, 5.74) is 1.03. The van der Waals surface area contributed by atoms with Crippen LogP contribution in [0.2, 0.25) is 15.1 Å². The second-order valence-electron chi connectivity index (χ2n) is 7.58. The lowest BCUT2D eigenvalue weighted by atomic mass is 10.1. The number of hydrogen-bond acceptors (Lipinski definition) is 4. The number of carbonyl (C=O) groups excluding carboxylic acids is 3. The van der Waals surface area contributed by atoms with Gasteiger partial charge in [0.1, 0.15) is 23.7 Å². The van der Waals surface area contributed by atoms with E-state index in [1.807, 2.05) is 0 Å². The monoisotopic (exact) mass is 532 g/mol. The first-order valence-electron chi connectivity index (χ1n) is 10.2. The summed E-state index contributed by atoms with van der Waals surface area (Å²) in [6, 6.07) is 12.6. The number of halogens is 4. The Morgan fingerprint density at radius 3 is 2.46 bits per heavy atom. The van der Waals surface area contributed by atoms with Crippen LogP contribution in [0.3, 0.4) is 0 Å². The van der Waals surface area contributed by atoms with Crippen molar-refractivity contribution in [2.45, 2.75) is 13.5 Å². The third-order valence-corrected chi connectivity index (χ3v) is 6.09. The van der Waals surface area contributed by atoms with Crippen molar-refractivity contribution < 1.29 is 23.5 Å². The predicted octanol–water partition coefficient (Wildman–Crippen LogP) is 6.34. The molecule has 1 N–H and O–H groups in total. The Morgan fingerprint density at radius 2 is 1.74 bits per heavy atom. The molecule has 10 heteroatoms. The van der Waals surface area contributed by atoms with Gasteiger partial charge in [-0.15, -0.1) is 0 Å². The molecule has 6 nitrogen and oxygen atoms in total. The largest absolute Gasteiger partial charge is 0.487 e. The number of amides is 4. The number of anilines is 1. The maximum absolute atomic E-state index is 14.0. The number of nitrogens with one attached hydrogen (secondary N) is 1. The Kier molecular flexibility index (Phi) is 7.12. The SMILES string of the molecule is Cc1ccc(N2C(=O)NC(=O)/C(=C\c3cc(Cl)cc(Cl)c3OCc3ccccc3F)C2=O)cc1Cl. The van der Waals surface area contributed by atoms with Crippen molar-refractivity contribution in [1.29, 1.82) is 0 Å². The van der Waals surface area contributed by atoms with Crippen LogP contribution in [-0.2, 0) is 16.2 Å². The molecule has 1 aliphatic heterocycles. The molecule has 1 heterocycles. The molecule has 3 aromatic rings. The number of imide groups is 2. The minimum Gasteiger partial charge on any atom is -0.487 e. The van der Waals surface area contributed by atoms with Crippen LogP contribution in [0, 0.1) is 12.7 Å². The normalized spacial score (nSPS) is 14.9. The molecule has 0 spiro atoms. The molecule has 0 radical (unpaired) electrons. The number of urea groups is 1. The summed E-state index contributed by atoms with van der Waals surface area (Å²) in [4.78, 5) is 39.1. The summed E-state index contributed by atoms with van der Waals surface area (Å²) >= 11 is 18.6. The molecule has 0 aromatic heterocycles. The van der Waals surface area contributed by atoms with Gasteiger partial charge in [0.25, 0.3) is 11.8 Å². The average molecular weight is 534 g/mol. The Labute approximate surface area is 214 Å². The molecule has 178 valence electrons. The third-order valence-electron chi connectivity index (χ3n) is 5.18. The van der Waals surface area contributed by atoms with E-state index < -0.39 is 23.7 Å². The summed E-state index contributed by atoms with van der Waals surface area (Å²) in [6.07, 6.45) is 1.21. The molecule has 4 rings (SSSR count). The van der Waals surface area contributed by atoms with Gasteiger partial charge in [0.15, 0.2) is 0 Å². The summed E-state index contributed by atoms with van der Waals surface area (Å²) in [5, 5.41) is 2.78. The van der Waals surface area contributed by atoms with E-state index in [0.29, 0.717) is 5.02 Å². The van der Waals surface area contributed by atoms with Gasteiger partial charge < -0.3 is 4.74 Å². The molecule has 35 heavy (non-hydrogen) atoms. The Bertz CT molecular complexity index is 1410. The zero-order chi connectivity index (χ0) is 25.3. The lowest BCUT2D eigenvalue weighted by Crippen LogP contribution is -2.54. The average Bonchev–Trinajstić information content (AvgIpc) is 2.79. The number of carbonyl (C=O) groups is 3. The minimum absolute atomic E-state index is 0.0780. The van der Waals surface area contributed by atoms with Crippen LogP contribution < -0.4 is 15.0 Å². The van der Waals surface area contributed by atoms with Gasteiger partial charge in [-0.2, -0.15) is 0 Å². The van der Waals surface area contributed by atoms with E-state index in [0.717, 1.165) is 10.5 Å². The summed E-state index contributed by atoms with van der Waals surface area (Å²) in [7, 11) is 0. The number of nitrogens with zero attached hydrogens (tertiary/aromatic N) is 1. The van der Waals surface area contributed by atoms with Crippen LogP contribution in [0.5, 0.6) is 5.75 Å². The lowest BCUT2D eigenvalue weighted by Gasteiger charge is -2.26. The van der Waals surface area contributed by atoms with Crippen LogP contribution in [0.25, 0.3) is 6.08 Å². The first-order valence-corrected chi connectivity index (χ1v) is 11.3. The Hall–Kier alpha value is -3.39. The molecule has 3 aromatic carbocycles. The molecule has 4 amide bonds. The van der Waals surface area contributed by atoms with Gasteiger partial charge in [0, 0.05) is 21.2 Å². The first kappa shape index (κ1) is 24.7. The third kappa shape index (κ3) is 5.17. The highest BCUT2D eigenvalue weighted by Gasteiger charge is 2.37. The van der Waals surface area contributed by atoms with Crippen LogP contribution in [0.15, 0.2) is 60.2 Å². The molecule has 0 saturated carbocycles. The number of barbiturate groups is 1. The van der Waals surface area contributed by atoms with Crippen molar-refractivity contribution in [2.24, 2.45) is 0 Å². The Morgan fingerprint density at radius 1 is 1.00 bits per heavy atom. The van der Waals surface area contributed by atoms with Gasteiger partial charge in [0.2, 0.25) is 0 Å². The van der Waals surface area contributed by atoms with Gasteiger partial charge in [-0.05, 0) is 48.9 Å². The van der Waals surface area contributed by atoms with Gasteiger partial charge in [-0.25, -0.2) is 14.1 Å². The molecule has 0 atom stereocenters. The van der Waals surface area contributed by atoms with E-state index in [9.17, 15) is 18.8 Å². The molecule has 0 unspecified atom stereocenters. The highest BCUT2D eigenvalue weighted by molar-refractivity contribution is 6.40. The van der Waals surface area contributed by atoms with Crippen molar-refractivity contribution >= 4 is 64.4 Å². The van der Waals surface area contributed by atoms with Gasteiger partial charge in [0.05, 0.1) is 10.7 Å². The topological polar surface area (TPSA) is 75.7 Å². The van der Waals surface area contributed by atoms with Crippen LogP contribution in [0.4, 0.5) is 14.9 Å². The fraction of sp³-hybridized carbons (Fsp3) is 0.0800. The van der Waals surface area contributed by atoms with E-state index in [-0.39, 0.29) is 44.8 Å². The molecular weight excluding hydrogens is 518 g/mol. The van der Waals surface area contributed by atoms with E-state index in [1.54, 1.807) is 31.2 Å². The number of rotatable bonds is 5. The fourth-order valence-corrected chi connectivity index (χ4v) is 4.11. The number of hydrogen-bond donors (Lipinski definition) is 1. The van der Waals surface area contributed by atoms with Gasteiger partial charge >= 0.3 is 6.03 Å². The predicted molar refractivity (Wildman–Crippen MR) is 132 cm³/mol. The van der Waals surface area contributed by atoms with E-state index in [1.165, 1.54) is 36.4 Å². The Balaban J connectivity index is 1.73. The molecule has 0 bridgehead atoms. The summed E-state index contributed by atoms with van der Waals surface area (Å²) < 4.78 is 19.8. The molecule has 1 fully saturated rings. The van der Waals surface area contributed by atoms with E-state index >= 15 is 0 Å². The molecular formula is C25H16Cl3FN2O4. The van der Waals surface area contributed by atoms with Crippen LogP contribution in [-0.4, -0.2) is 17.8 Å².